The van der Waals surface area contributed by atoms with Gasteiger partial charge in [0.2, 0.25) is 0 Å². The van der Waals surface area contributed by atoms with Gasteiger partial charge in [-0.15, -0.1) is 0 Å². The first kappa shape index (κ1) is 10.5. The molecule has 0 aliphatic heterocycles. The van der Waals surface area contributed by atoms with Crippen LogP contribution in [0.5, 0.6) is 0 Å². The molecule has 0 saturated heterocycles. The molecule has 2 fully saturated rings. The number of rotatable bonds is 8. The fourth-order valence-electron chi connectivity index (χ4n) is 2.54. The van der Waals surface area contributed by atoms with Crippen molar-refractivity contribution in [3.8, 4) is 0 Å². The van der Waals surface area contributed by atoms with Crippen LogP contribution in [0.3, 0.4) is 0 Å². The van der Waals surface area contributed by atoms with E-state index < -0.39 is 0 Å². The van der Waals surface area contributed by atoms with Gasteiger partial charge in [-0.25, -0.2) is 0 Å². The van der Waals surface area contributed by atoms with Gasteiger partial charge >= 0.3 is 0 Å². The van der Waals surface area contributed by atoms with Crippen LogP contribution in [-0.2, 0) is 0 Å². The largest absolute Gasteiger partial charge is 0.316 e. The molecule has 2 aliphatic rings. The Labute approximate surface area is 88.7 Å². The first-order chi connectivity index (χ1) is 6.92. The Morgan fingerprint density at radius 3 is 2.21 bits per heavy atom. The van der Waals surface area contributed by atoms with E-state index in [4.69, 9.17) is 0 Å². The molecule has 0 heterocycles. The van der Waals surface area contributed by atoms with E-state index in [1.165, 1.54) is 58.0 Å². The van der Waals surface area contributed by atoms with Crippen molar-refractivity contribution in [1.82, 2.24) is 5.32 Å². The second-order valence-corrected chi connectivity index (χ2v) is 5.25. The van der Waals surface area contributed by atoms with Gasteiger partial charge in [0.15, 0.2) is 0 Å². The highest BCUT2D eigenvalue weighted by molar-refractivity contribution is 4.92. The zero-order valence-electron chi connectivity index (χ0n) is 9.60. The van der Waals surface area contributed by atoms with E-state index in [1.807, 2.05) is 0 Å². The quantitative estimate of drug-likeness (QED) is 0.586. The van der Waals surface area contributed by atoms with Crippen molar-refractivity contribution in [2.24, 2.45) is 17.8 Å². The second-order valence-electron chi connectivity index (χ2n) is 5.25. The van der Waals surface area contributed by atoms with E-state index in [0.29, 0.717) is 0 Å². The number of hydrogen-bond donors (Lipinski definition) is 1. The Balaban J connectivity index is 1.53. The van der Waals surface area contributed by atoms with Crippen molar-refractivity contribution in [1.29, 1.82) is 0 Å². The molecule has 14 heavy (non-hydrogen) atoms. The highest BCUT2D eigenvalue weighted by Crippen LogP contribution is 2.48. The Kier molecular flexibility index (Phi) is 3.86. The zero-order chi connectivity index (χ0) is 9.80. The maximum atomic E-state index is 3.66. The van der Waals surface area contributed by atoms with Crippen LogP contribution in [0.4, 0.5) is 0 Å². The average Bonchev–Trinajstić information content (AvgIpc) is 3.03. The summed E-state index contributed by atoms with van der Waals surface area (Å²) in [6, 6.07) is 0. The van der Waals surface area contributed by atoms with Gasteiger partial charge in [0.1, 0.15) is 0 Å². The van der Waals surface area contributed by atoms with Crippen LogP contribution in [-0.4, -0.2) is 13.1 Å². The van der Waals surface area contributed by atoms with Crippen molar-refractivity contribution in [2.75, 3.05) is 13.1 Å². The van der Waals surface area contributed by atoms with Gasteiger partial charge in [0, 0.05) is 0 Å². The third-order valence-electron chi connectivity index (χ3n) is 3.79. The lowest BCUT2D eigenvalue weighted by molar-refractivity contribution is 0.377. The zero-order valence-corrected chi connectivity index (χ0v) is 9.60. The minimum absolute atomic E-state index is 1.05. The van der Waals surface area contributed by atoms with Gasteiger partial charge in [-0.3, -0.25) is 0 Å². The van der Waals surface area contributed by atoms with Gasteiger partial charge in [0.25, 0.3) is 0 Å². The van der Waals surface area contributed by atoms with E-state index in [-0.39, 0.29) is 0 Å². The highest BCUT2D eigenvalue weighted by Gasteiger charge is 2.40. The van der Waals surface area contributed by atoms with Crippen molar-refractivity contribution in [2.45, 2.75) is 51.9 Å². The normalized spacial score (nSPS) is 21.9. The third kappa shape index (κ3) is 3.27. The molecule has 1 nitrogen and oxygen atoms in total. The van der Waals surface area contributed by atoms with Gasteiger partial charge in [-0.2, -0.15) is 0 Å². The Morgan fingerprint density at radius 1 is 1.07 bits per heavy atom. The summed E-state index contributed by atoms with van der Waals surface area (Å²) in [7, 11) is 0. The summed E-state index contributed by atoms with van der Waals surface area (Å²) in [6.07, 6.45) is 10.2. The smallest absolute Gasteiger partial charge is 0.00152 e. The maximum Gasteiger partial charge on any atom is -0.00152 e. The van der Waals surface area contributed by atoms with E-state index in [9.17, 15) is 0 Å². The molecule has 2 rings (SSSR count). The molecule has 0 aromatic rings. The van der Waals surface area contributed by atoms with Crippen LogP contribution in [0.25, 0.3) is 0 Å². The van der Waals surface area contributed by atoms with Gasteiger partial charge in [-0.05, 0) is 62.9 Å². The number of unbranched alkanes of at least 4 members (excludes halogenated alkanes) is 2. The topological polar surface area (TPSA) is 12.0 Å². The van der Waals surface area contributed by atoms with Crippen LogP contribution >= 0.6 is 0 Å². The van der Waals surface area contributed by atoms with E-state index >= 15 is 0 Å². The lowest BCUT2D eigenvalue weighted by Gasteiger charge is -2.15. The van der Waals surface area contributed by atoms with Gasteiger partial charge in [0.05, 0.1) is 0 Å². The summed E-state index contributed by atoms with van der Waals surface area (Å²) in [5.41, 5.74) is 0. The van der Waals surface area contributed by atoms with Crippen molar-refractivity contribution >= 4 is 0 Å². The first-order valence-electron chi connectivity index (χ1n) is 6.62. The standard InChI is InChI=1S/C13H25N/c1-2-3-4-9-14-10-13(11-5-6-11)12-7-8-12/h11-14H,2-10H2,1H3. The van der Waals surface area contributed by atoms with Crippen LogP contribution in [0, 0.1) is 17.8 Å². The second kappa shape index (κ2) is 5.16. The Bertz CT molecular complexity index is 147. The Morgan fingerprint density at radius 2 is 1.71 bits per heavy atom. The summed E-state index contributed by atoms with van der Waals surface area (Å²) in [5, 5.41) is 3.66. The van der Waals surface area contributed by atoms with Crippen molar-refractivity contribution in [3.63, 3.8) is 0 Å². The Hall–Kier alpha value is -0.0400. The van der Waals surface area contributed by atoms with Crippen LogP contribution in [0.15, 0.2) is 0 Å². The minimum atomic E-state index is 1.05. The molecule has 1 heteroatoms. The van der Waals surface area contributed by atoms with Crippen molar-refractivity contribution < 1.29 is 0 Å². The summed E-state index contributed by atoms with van der Waals surface area (Å²) >= 11 is 0. The average molecular weight is 195 g/mol. The molecular weight excluding hydrogens is 170 g/mol. The highest BCUT2D eigenvalue weighted by atomic mass is 14.9. The van der Waals surface area contributed by atoms with Crippen LogP contribution in [0.1, 0.15) is 51.9 Å². The van der Waals surface area contributed by atoms with Crippen molar-refractivity contribution in [3.05, 3.63) is 0 Å². The summed E-state index contributed by atoms with van der Waals surface area (Å²) < 4.78 is 0. The molecular formula is C13H25N. The number of hydrogen-bond acceptors (Lipinski definition) is 1. The molecule has 0 bridgehead atoms. The predicted octanol–water partition coefficient (Wildman–Crippen LogP) is 3.20. The molecule has 1 N–H and O–H groups in total. The molecule has 0 atom stereocenters. The fourth-order valence-corrected chi connectivity index (χ4v) is 2.54. The summed E-state index contributed by atoms with van der Waals surface area (Å²) in [6.45, 7) is 4.85. The molecule has 0 unspecified atom stereocenters. The third-order valence-corrected chi connectivity index (χ3v) is 3.79. The van der Waals surface area contributed by atoms with Crippen LogP contribution in [0.2, 0.25) is 0 Å². The molecule has 0 aromatic carbocycles. The van der Waals surface area contributed by atoms with E-state index in [0.717, 1.165) is 17.8 Å². The lowest BCUT2D eigenvalue weighted by Crippen LogP contribution is -2.26. The van der Waals surface area contributed by atoms with Gasteiger partial charge in [-0.1, -0.05) is 19.8 Å². The maximum absolute atomic E-state index is 3.66. The fraction of sp³-hybridized carbons (Fsp3) is 1.00. The molecule has 82 valence electrons. The minimum Gasteiger partial charge on any atom is -0.316 e. The molecule has 0 aromatic heterocycles. The van der Waals surface area contributed by atoms with E-state index in [1.54, 1.807) is 0 Å². The monoisotopic (exact) mass is 195 g/mol. The molecule has 2 aliphatic carbocycles. The SMILES string of the molecule is CCCCCNCC(C1CC1)C1CC1. The summed E-state index contributed by atoms with van der Waals surface area (Å²) in [5.74, 6) is 3.28. The van der Waals surface area contributed by atoms with Gasteiger partial charge < -0.3 is 5.32 Å². The van der Waals surface area contributed by atoms with E-state index in [2.05, 4.69) is 12.2 Å². The molecule has 0 radical (unpaired) electrons. The lowest BCUT2D eigenvalue weighted by atomic mass is 9.98. The summed E-state index contributed by atoms with van der Waals surface area (Å²) in [4.78, 5) is 0. The molecule has 2 saturated carbocycles. The predicted molar refractivity (Wildman–Crippen MR) is 61.3 cm³/mol. The van der Waals surface area contributed by atoms with Crippen LogP contribution < -0.4 is 5.32 Å². The molecule has 0 amide bonds. The first-order valence-corrected chi connectivity index (χ1v) is 6.62. The molecule has 0 spiro atoms. The number of nitrogens with one attached hydrogen (secondary N) is 1.